The van der Waals surface area contributed by atoms with Gasteiger partial charge in [0.25, 0.3) is 0 Å². The molecule has 5 heteroatoms. The van der Waals surface area contributed by atoms with E-state index < -0.39 is 0 Å². The van der Waals surface area contributed by atoms with Gasteiger partial charge < -0.3 is 0 Å². The maximum Gasteiger partial charge on any atom is 0.0496 e. The van der Waals surface area contributed by atoms with Crippen LogP contribution in [0.1, 0.15) is 0 Å². The molecule has 0 aromatic carbocycles. The predicted octanol–water partition coefficient (Wildman–Crippen LogP) is 2.87. The van der Waals surface area contributed by atoms with E-state index >= 15 is 0 Å². The van der Waals surface area contributed by atoms with Crippen molar-refractivity contribution in [3.8, 4) is 0 Å². The summed E-state index contributed by atoms with van der Waals surface area (Å²) in [6.07, 6.45) is 3.28. The van der Waals surface area contributed by atoms with E-state index in [9.17, 15) is 0 Å². The Morgan fingerprint density at radius 3 is 1.44 bits per heavy atom. The first-order valence-corrected chi connectivity index (χ1v) is 15.6. The molecule has 0 aliphatic carbocycles. The average molecular weight is 462 g/mol. The van der Waals surface area contributed by atoms with E-state index in [-0.39, 0.29) is 0 Å². The van der Waals surface area contributed by atoms with Gasteiger partial charge in [-0.15, -0.1) is 0 Å². The van der Waals surface area contributed by atoms with E-state index in [0.29, 0.717) is 13.3 Å². The third-order valence-corrected chi connectivity index (χ3v) is 0.483. The van der Waals surface area contributed by atoms with Crippen LogP contribution in [0.5, 0.6) is 0 Å². The maximum atomic E-state index is 3.53. The molecule has 1 aromatic rings. The van der Waals surface area contributed by atoms with E-state index in [2.05, 4.69) is 47.4 Å². The second-order valence-electron chi connectivity index (χ2n) is 0.972. The van der Waals surface area contributed by atoms with E-state index in [1.165, 1.54) is 0 Å². The Morgan fingerprint density at radius 2 is 1.33 bits per heavy atom. The van der Waals surface area contributed by atoms with Crippen LogP contribution in [0, 0.1) is 0 Å². The molecule has 1 aromatic heterocycles. The summed E-state index contributed by atoms with van der Waals surface area (Å²) in [4.78, 5) is 0. The molecule has 52 valence electrons. The minimum absolute atomic E-state index is 0.410. The van der Waals surface area contributed by atoms with Crippen molar-refractivity contribution in [3.05, 3.63) is 24.5 Å². The fourth-order valence-corrected chi connectivity index (χ4v) is 0.253. The van der Waals surface area contributed by atoms with Crippen molar-refractivity contribution in [2.75, 3.05) is 0 Å². The summed E-state index contributed by atoms with van der Waals surface area (Å²) in [5.74, 6) is 0. The van der Waals surface area contributed by atoms with Crippen molar-refractivity contribution in [3.63, 3.8) is 0 Å². The number of rotatable bonds is 0. The maximum absolute atomic E-state index is 3.53. The Kier molecular flexibility index (Phi) is 10.6. The third-order valence-electron chi connectivity index (χ3n) is 0.483. The first-order valence-electron chi connectivity index (χ1n) is 2.03. The van der Waals surface area contributed by atoms with Crippen LogP contribution in [0.2, 0.25) is 0 Å². The quantitative estimate of drug-likeness (QED) is 0.555. The molecular weight excluding hydrogens is 457 g/mol. The minimum Gasteiger partial charge on any atom is -0.159 e. The van der Waals surface area contributed by atoms with Gasteiger partial charge in [-0.25, -0.2) is 0 Å². The number of aromatic nitrogens is 2. The molecule has 0 spiro atoms. The van der Waals surface area contributed by atoms with E-state index in [1.54, 1.807) is 12.4 Å². The summed E-state index contributed by atoms with van der Waals surface area (Å²) < 4.78 is 0. The summed E-state index contributed by atoms with van der Waals surface area (Å²) in [7, 11) is 0. The number of halogens is 3. The molecular formula is C4H5I3N2. The van der Waals surface area contributed by atoms with Gasteiger partial charge in [-0.3, -0.25) is 0 Å². The molecule has 0 aliphatic heterocycles. The van der Waals surface area contributed by atoms with Gasteiger partial charge in [-0.2, -0.15) is 10.2 Å². The van der Waals surface area contributed by atoms with E-state index in [1.807, 2.05) is 12.1 Å². The Hall–Kier alpha value is 1.27. The van der Waals surface area contributed by atoms with Gasteiger partial charge in [0, 0.05) is 12.4 Å². The Bertz CT molecular complexity index is 96.7. The van der Waals surface area contributed by atoms with Crippen LogP contribution in [0.3, 0.4) is 0 Å². The van der Waals surface area contributed by atoms with Gasteiger partial charge in [0.1, 0.15) is 0 Å². The molecule has 0 aliphatic rings. The smallest absolute Gasteiger partial charge is 0.0496 e. The number of hydrogen-bond acceptors (Lipinski definition) is 2. The van der Waals surface area contributed by atoms with Crippen LogP contribution in [0.25, 0.3) is 0 Å². The van der Waals surface area contributed by atoms with Gasteiger partial charge in [0.2, 0.25) is 0 Å². The molecule has 1 rings (SSSR count). The molecule has 0 bridgehead atoms. The first-order chi connectivity index (χ1) is 4.41. The van der Waals surface area contributed by atoms with Gasteiger partial charge in [0.15, 0.2) is 0 Å². The van der Waals surface area contributed by atoms with Crippen molar-refractivity contribution in [2.24, 2.45) is 0 Å². The van der Waals surface area contributed by atoms with Crippen LogP contribution >= 0.6 is 50.5 Å². The monoisotopic (exact) mass is 462 g/mol. The molecule has 0 unspecified atom stereocenters. The molecule has 0 amide bonds. The Balaban J connectivity index is 0.000000187. The van der Waals surface area contributed by atoms with Crippen molar-refractivity contribution in [1.82, 2.24) is 10.2 Å². The van der Waals surface area contributed by atoms with Gasteiger partial charge >= 0.3 is 50.5 Å². The second kappa shape index (κ2) is 9.27. The number of nitrogens with zero attached hydrogens (tertiary/aromatic N) is 2. The van der Waals surface area contributed by atoms with Crippen molar-refractivity contribution >= 4 is 50.5 Å². The number of hydrogen-bond donors (Lipinski definition) is 0. The van der Waals surface area contributed by atoms with Crippen LogP contribution < -0.4 is 0 Å². The summed E-state index contributed by atoms with van der Waals surface area (Å²) in [6, 6.07) is 3.65. The van der Waals surface area contributed by atoms with Gasteiger partial charge in [-0.05, 0) is 12.1 Å². The zero-order chi connectivity index (χ0) is 6.95. The predicted molar refractivity (Wildman–Crippen MR) is 65.5 cm³/mol. The molecule has 0 saturated carbocycles. The summed E-state index contributed by atoms with van der Waals surface area (Å²) in [6.45, 7) is 0. The molecule has 0 radical (unpaired) electrons. The Morgan fingerprint density at radius 1 is 1.00 bits per heavy atom. The Labute approximate surface area is 83.8 Å². The van der Waals surface area contributed by atoms with Crippen molar-refractivity contribution in [1.29, 1.82) is 0 Å². The largest absolute Gasteiger partial charge is 0.159 e. The van der Waals surface area contributed by atoms with Crippen LogP contribution in [-0.2, 0) is 0 Å². The third kappa shape index (κ3) is 9.27. The topological polar surface area (TPSA) is 25.8 Å². The standard InChI is InChI=1S/C4H4N2.HI3/c1-2-4-6-5-3-1;1-3-2/h1-4H;3H. The van der Waals surface area contributed by atoms with Gasteiger partial charge in [-0.1, -0.05) is 0 Å². The van der Waals surface area contributed by atoms with E-state index in [4.69, 9.17) is 0 Å². The van der Waals surface area contributed by atoms with Crippen LogP contribution in [-0.4, -0.2) is 10.2 Å². The zero-order valence-corrected chi connectivity index (χ0v) is 11.0. The molecule has 1 heterocycles. The summed E-state index contributed by atoms with van der Waals surface area (Å²) in [5, 5.41) is 7.07. The molecule has 0 atom stereocenters. The summed E-state index contributed by atoms with van der Waals surface area (Å²) >= 11 is 5.22. The fraction of sp³-hybridized carbons (Fsp3) is 0. The molecule has 0 fully saturated rings. The zero-order valence-electron chi connectivity index (χ0n) is 4.37. The van der Waals surface area contributed by atoms with Crippen molar-refractivity contribution < 1.29 is 0 Å². The fourth-order valence-electron chi connectivity index (χ4n) is 0.253. The summed E-state index contributed by atoms with van der Waals surface area (Å²) in [5.41, 5.74) is 0. The minimum atomic E-state index is 0.410. The molecule has 0 saturated heterocycles. The first kappa shape index (κ1) is 10.3. The van der Waals surface area contributed by atoms with Crippen molar-refractivity contribution in [2.45, 2.75) is 0 Å². The van der Waals surface area contributed by atoms with Crippen LogP contribution in [0.15, 0.2) is 24.5 Å². The van der Waals surface area contributed by atoms with E-state index in [0.717, 1.165) is 0 Å². The normalized spacial score (nSPS) is 7.78. The van der Waals surface area contributed by atoms with Crippen LogP contribution in [0.4, 0.5) is 0 Å². The SMILES string of the molecule is I[IH]I.c1ccnnc1. The molecule has 2 nitrogen and oxygen atoms in total. The average Bonchev–Trinajstić information content (AvgIpc) is 1.93. The second-order valence-corrected chi connectivity index (χ2v) is 18.5. The molecule has 0 N–H and O–H groups in total. The van der Waals surface area contributed by atoms with Gasteiger partial charge in [0.05, 0.1) is 0 Å². The molecule has 9 heavy (non-hydrogen) atoms.